The summed E-state index contributed by atoms with van der Waals surface area (Å²) >= 11 is 1.78. The normalized spacial score (nSPS) is 12.7. The van der Waals surface area contributed by atoms with Crippen molar-refractivity contribution in [1.29, 1.82) is 0 Å². The molecule has 3 aromatic rings. The molecule has 3 heteroatoms. The molecular weight excluding hydrogens is 252 g/mol. The summed E-state index contributed by atoms with van der Waals surface area (Å²) in [5.74, 6) is 0. The molecule has 1 N–H and O–H groups in total. The Kier molecular flexibility index (Phi) is 3.32. The third kappa shape index (κ3) is 2.39. The van der Waals surface area contributed by atoms with Crippen LogP contribution in [0.2, 0.25) is 0 Å². The summed E-state index contributed by atoms with van der Waals surface area (Å²) in [6, 6.07) is 14.9. The Labute approximate surface area is 117 Å². The second kappa shape index (κ2) is 5.11. The minimum Gasteiger partial charge on any atom is -0.308 e. The van der Waals surface area contributed by atoms with Crippen molar-refractivity contribution in [2.24, 2.45) is 0 Å². The lowest BCUT2D eigenvalue weighted by Crippen LogP contribution is -2.18. The first-order valence-electron chi connectivity index (χ1n) is 6.36. The van der Waals surface area contributed by atoms with Crippen LogP contribution >= 0.6 is 11.3 Å². The van der Waals surface area contributed by atoms with E-state index in [0.29, 0.717) is 0 Å². The second-order valence-electron chi connectivity index (χ2n) is 4.64. The van der Waals surface area contributed by atoms with E-state index in [1.165, 1.54) is 15.8 Å². The van der Waals surface area contributed by atoms with Crippen LogP contribution in [0, 0.1) is 6.92 Å². The molecule has 19 heavy (non-hydrogen) atoms. The fourth-order valence-electron chi connectivity index (χ4n) is 2.34. The van der Waals surface area contributed by atoms with Crippen LogP contribution in [0.1, 0.15) is 22.2 Å². The number of hydrogen-bond donors (Lipinski definition) is 1. The standard InChI is InChI=1S/C16H16N2S/c1-11-9-13(10-19-11)16(17-2)15-8-7-12-5-3-4-6-14(12)18-15/h3-10,16-17H,1-2H3. The zero-order valence-electron chi connectivity index (χ0n) is 11.1. The number of aryl methyl sites for hydroxylation is 1. The monoisotopic (exact) mass is 268 g/mol. The first-order valence-corrected chi connectivity index (χ1v) is 7.24. The van der Waals surface area contributed by atoms with Crippen molar-refractivity contribution in [3.8, 4) is 0 Å². The molecule has 0 spiro atoms. The Hall–Kier alpha value is -1.71. The molecule has 0 aliphatic heterocycles. The molecule has 2 heterocycles. The maximum atomic E-state index is 4.77. The Morgan fingerprint density at radius 1 is 1.16 bits per heavy atom. The van der Waals surface area contributed by atoms with Crippen LogP contribution in [-0.2, 0) is 0 Å². The SMILES string of the molecule is CNC(c1csc(C)c1)c1ccc2ccccc2n1. The van der Waals surface area contributed by atoms with Gasteiger partial charge >= 0.3 is 0 Å². The number of benzene rings is 1. The highest BCUT2D eigenvalue weighted by Crippen LogP contribution is 2.26. The van der Waals surface area contributed by atoms with Gasteiger partial charge in [0.25, 0.3) is 0 Å². The van der Waals surface area contributed by atoms with Gasteiger partial charge in [-0.2, -0.15) is 0 Å². The topological polar surface area (TPSA) is 24.9 Å². The number of nitrogens with one attached hydrogen (secondary N) is 1. The molecule has 0 bridgehead atoms. The largest absolute Gasteiger partial charge is 0.308 e. The van der Waals surface area contributed by atoms with E-state index in [0.717, 1.165) is 11.2 Å². The lowest BCUT2D eigenvalue weighted by atomic mass is 10.1. The van der Waals surface area contributed by atoms with E-state index in [2.05, 4.69) is 48.0 Å². The van der Waals surface area contributed by atoms with Crippen molar-refractivity contribution < 1.29 is 0 Å². The van der Waals surface area contributed by atoms with E-state index in [4.69, 9.17) is 4.98 Å². The van der Waals surface area contributed by atoms with E-state index >= 15 is 0 Å². The van der Waals surface area contributed by atoms with Crippen LogP contribution < -0.4 is 5.32 Å². The number of aromatic nitrogens is 1. The Morgan fingerprint density at radius 3 is 2.74 bits per heavy atom. The summed E-state index contributed by atoms with van der Waals surface area (Å²) in [6.07, 6.45) is 0. The van der Waals surface area contributed by atoms with E-state index < -0.39 is 0 Å². The third-order valence-corrected chi connectivity index (χ3v) is 4.17. The van der Waals surface area contributed by atoms with Crippen LogP contribution in [-0.4, -0.2) is 12.0 Å². The predicted octanol–water partition coefficient (Wildman–Crippen LogP) is 3.91. The second-order valence-corrected chi connectivity index (χ2v) is 5.76. The van der Waals surface area contributed by atoms with Crippen molar-refractivity contribution in [3.63, 3.8) is 0 Å². The highest BCUT2D eigenvalue weighted by molar-refractivity contribution is 7.10. The predicted molar refractivity (Wildman–Crippen MR) is 81.7 cm³/mol. The Balaban J connectivity index is 2.06. The third-order valence-electron chi connectivity index (χ3n) is 3.29. The fraction of sp³-hybridized carbons (Fsp3) is 0.188. The van der Waals surface area contributed by atoms with Gasteiger partial charge in [-0.25, -0.2) is 0 Å². The molecular formula is C16H16N2S. The summed E-state index contributed by atoms with van der Waals surface area (Å²) in [5, 5.41) is 6.74. The maximum absolute atomic E-state index is 4.77. The first-order chi connectivity index (χ1) is 9.28. The molecule has 0 saturated carbocycles. The summed E-state index contributed by atoms with van der Waals surface area (Å²) < 4.78 is 0. The van der Waals surface area contributed by atoms with Crippen molar-refractivity contribution in [1.82, 2.24) is 10.3 Å². The Bertz CT molecular complexity index is 703. The summed E-state index contributed by atoms with van der Waals surface area (Å²) in [6.45, 7) is 2.13. The molecule has 3 rings (SSSR count). The van der Waals surface area contributed by atoms with Gasteiger partial charge in [-0.3, -0.25) is 4.98 Å². The van der Waals surface area contributed by atoms with Gasteiger partial charge in [0.2, 0.25) is 0 Å². The first kappa shape index (κ1) is 12.3. The lowest BCUT2D eigenvalue weighted by Gasteiger charge is -2.15. The number of para-hydroxylation sites is 1. The number of pyridine rings is 1. The van der Waals surface area contributed by atoms with Gasteiger partial charge in [0.15, 0.2) is 0 Å². The summed E-state index contributed by atoms with van der Waals surface area (Å²) in [5.41, 5.74) is 3.40. The molecule has 1 atom stereocenters. The van der Waals surface area contributed by atoms with Gasteiger partial charge in [-0.05, 0) is 43.1 Å². The van der Waals surface area contributed by atoms with Crippen LogP contribution in [0.15, 0.2) is 47.8 Å². The molecule has 0 aliphatic carbocycles. The summed E-state index contributed by atoms with van der Waals surface area (Å²) in [4.78, 5) is 6.10. The quantitative estimate of drug-likeness (QED) is 0.779. The van der Waals surface area contributed by atoms with Crippen LogP contribution in [0.25, 0.3) is 10.9 Å². The molecule has 2 aromatic heterocycles. The van der Waals surface area contributed by atoms with Crippen molar-refractivity contribution >= 4 is 22.2 Å². The van der Waals surface area contributed by atoms with E-state index in [1.54, 1.807) is 11.3 Å². The molecule has 1 unspecified atom stereocenters. The van der Waals surface area contributed by atoms with Crippen LogP contribution in [0.5, 0.6) is 0 Å². The number of thiophene rings is 1. The highest BCUT2D eigenvalue weighted by Gasteiger charge is 2.14. The van der Waals surface area contributed by atoms with Crippen molar-refractivity contribution in [3.05, 3.63) is 64.0 Å². The minimum absolute atomic E-state index is 0.162. The molecule has 0 amide bonds. The average molecular weight is 268 g/mol. The number of rotatable bonds is 3. The van der Waals surface area contributed by atoms with E-state index in [-0.39, 0.29) is 6.04 Å². The number of fused-ring (bicyclic) bond motifs is 1. The Morgan fingerprint density at radius 2 is 2.00 bits per heavy atom. The van der Waals surface area contributed by atoms with Crippen LogP contribution in [0.4, 0.5) is 0 Å². The van der Waals surface area contributed by atoms with Gasteiger partial charge in [0.1, 0.15) is 0 Å². The molecule has 0 radical (unpaired) electrons. The summed E-state index contributed by atoms with van der Waals surface area (Å²) in [7, 11) is 1.98. The zero-order valence-corrected chi connectivity index (χ0v) is 11.9. The highest BCUT2D eigenvalue weighted by atomic mass is 32.1. The zero-order chi connectivity index (χ0) is 13.2. The minimum atomic E-state index is 0.162. The van der Waals surface area contributed by atoms with Crippen molar-refractivity contribution in [2.45, 2.75) is 13.0 Å². The fourth-order valence-corrected chi connectivity index (χ4v) is 3.07. The molecule has 0 saturated heterocycles. The molecule has 1 aromatic carbocycles. The average Bonchev–Trinajstić information content (AvgIpc) is 2.86. The molecule has 96 valence electrons. The molecule has 2 nitrogen and oxygen atoms in total. The van der Waals surface area contributed by atoms with Gasteiger partial charge in [-0.1, -0.05) is 24.3 Å². The lowest BCUT2D eigenvalue weighted by molar-refractivity contribution is 0.676. The van der Waals surface area contributed by atoms with Gasteiger partial charge < -0.3 is 5.32 Å². The van der Waals surface area contributed by atoms with Gasteiger partial charge in [0.05, 0.1) is 17.3 Å². The number of nitrogens with zero attached hydrogens (tertiary/aromatic N) is 1. The van der Waals surface area contributed by atoms with Crippen LogP contribution in [0.3, 0.4) is 0 Å². The van der Waals surface area contributed by atoms with E-state index in [1.807, 2.05) is 19.2 Å². The van der Waals surface area contributed by atoms with Gasteiger partial charge in [0, 0.05) is 10.3 Å². The smallest absolute Gasteiger partial charge is 0.0757 e. The van der Waals surface area contributed by atoms with E-state index in [9.17, 15) is 0 Å². The molecule has 0 aliphatic rings. The number of hydrogen-bond acceptors (Lipinski definition) is 3. The maximum Gasteiger partial charge on any atom is 0.0757 e. The van der Waals surface area contributed by atoms with Gasteiger partial charge in [-0.15, -0.1) is 11.3 Å². The molecule has 0 fully saturated rings. The van der Waals surface area contributed by atoms with Crippen molar-refractivity contribution in [2.75, 3.05) is 7.05 Å².